The Morgan fingerprint density at radius 1 is 1.64 bits per heavy atom. The Labute approximate surface area is 66.9 Å². The number of aliphatic hydroxyl groups is 1. The van der Waals surface area contributed by atoms with Crippen molar-refractivity contribution < 1.29 is 13.5 Å². The summed E-state index contributed by atoms with van der Waals surface area (Å²) < 4.78 is 22.6. The van der Waals surface area contributed by atoms with Crippen molar-refractivity contribution >= 4 is 10.0 Å². The normalized spacial score (nSPS) is 15.4. The molecule has 0 spiro atoms. The molecule has 0 radical (unpaired) electrons. The molecule has 0 unspecified atom stereocenters. The van der Waals surface area contributed by atoms with Gasteiger partial charge in [-0.25, -0.2) is 12.7 Å². The molecule has 0 aliphatic rings. The highest BCUT2D eigenvalue weighted by atomic mass is 32.2. The first kappa shape index (κ1) is 10.8. The SMILES string of the molecule is CN(C[C@H](O)CN)S(C)(=O)=O. The van der Waals surface area contributed by atoms with Crippen LogP contribution in [-0.4, -0.2) is 50.3 Å². The molecule has 0 heterocycles. The van der Waals surface area contributed by atoms with Crippen molar-refractivity contribution in [3.05, 3.63) is 0 Å². The standard InChI is InChI=1S/C5H14N2O3S/c1-7(11(2,9)10)4-5(8)3-6/h5,8H,3-4,6H2,1-2H3/t5-/m1/s1. The molecule has 0 rings (SSSR count). The first-order chi connectivity index (χ1) is 4.88. The molecule has 0 aromatic carbocycles. The molecular weight excluding hydrogens is 168 g/mol. The number of nitrogens with zero attached hydrogens (tertiary/aromatic N) is 1. The van der Waals surface area contributed by atoms with Gasteiger partial charge in [-0.1, -0.05) is 0 Å². The van der Waals surface area contributed by atoms with E-state index in [9.17, 15) is 8.42 Å². The van der Waals surface area contributed by atoms with Crippen LogP contribution in [0, 0.1) is 0 Å². The molecule has 0 saturated heterocycles. The van der Waals surface area contributed by atoms with Gasteiger partial charge in [-0.15, -0.1) is 0 Å². The second kappa shape index (κ2) is 4.01. The molecule has 0 aromatic rings. The van der Waals surface area contributed by atoms with E-state index in [2.05, 4.69) is 0 Å². The molecule has 0 aliphatic carbocycles. The van der Waals surface area contributed by atoms with Crippen molar-refractivity contribution in [2.45, 2.75) is 6.10 Å². The molecule has 0 fully saturated rings. The van der Waals surface area contributed by atoms with E-state index in [0.717, 1.165) is 10.6 Å². The fourth-order valence-corrected chi connectivity index (χ4v) is 0.950. The first-order valence-corrected chi connectivity index (χ1v) is 5.02. The van der Waals surface area contributed by atoms with Crippen molar-refractivity contribution in [3.63, 3.8) is 0 Å². The fourth-order valence-electron chi connectivity index (χ4n) is 0.507. The number of aliphatic hydroxyl groups excluding tert-OH is 1. The average molecular weight is 182 g/mol. The molecule has 0 aromatic heterocycles. The lowest BCUT2D eigenvalue weighted by atomic mass is 10.4. The number of likely N-dealkylation sites (N-methyl/N-ethyl adjacent to an activating group) is 1. The molecule has 0 bridgehead atoms. The van der Waals surface area contributed by atoms with Crippen LogP contribution in [0.5, 0.6) is 0 Å². The number of rotatable bonds is 4. The van der Waals surface area contributed by atoms with Crippen molar-refractivity contribution in [3.8, 4) is 0 Å². The van der Waals surface area contributed by atoms with Crippen molar-refractivity contribution in [1.29, 1.82) is 0 Å². The van der Waals surface area contributed by atoms with Crippen molar-refractivity contribution in [2.75, 3.05) is 26.4 Å². The van der Waals surface area contributed by atoms with E-state index in [4.69, 9.17) is 10.8 Å². The van der Waals surface area contributed by atoms with Crippen LogP contribution in [0.1, 0.15) is 0 Å². The molecule has 0 aliphatic heterocycles. The molecule has 68 valence electrons. The third-order valence-corrected chi connectivity index (χ3v) is 2.59. The summed E-state index contributed by atoms with van der Waals surface area (Å²) in [5.41, 5.74) is 5.09. The summed E-state index contributed by atoms with van der Waals surface area (Å²) in [5, 5.41) is 8.96. The molecule has 3 N–H and O–H groups in total. The Bertz CT molecular complexity index is 202. The Balaban J connectivity index is 3.98. The predicted molar refractivity (Wildman–Crippen MR) is 42.5 cm³/mol. The Morgan fingerprint density at radius 2 is 2.09 bits per heavy atom. The molecule has 5 nitrogen and oxygen atoms in total. The summed E-state index contributed by atoms with van der Waals surface area (Å²) in [6, 6.07) is 0. The minimum atomic E-state index is -3.19. The van der Waals surface area contributed by atoms with Crippen molar-refractivity contribution in [1.82, 2.24) is 4.31 Å². The molecule has 0 amide bonds. The minimum absolute atomic E-state index is 0.0509. The Hall–Kier alpha value is -0.170. The van der Waals surface area contributed by atoms with E-state index < -0.39 is 16.1 Å². The van der Waals surface area contributed by atoms with Crippen LogP contribution in [-0.2, 0) is 10.0 Å². The maximum atomic E-state index is 10.8. The summed E-state index contributed by atoms with van der Waals surface area (Å²) in [6.45, 7) is 0.120. The summed E-state index contributed by atoms with van der Waals surface area (Å²) >= 11 is 0. The van der Waals surface area contributed by atoms with Gasteiger partial charge < -0.3 is 10.8 Å². The van der Waals surface area contributed by atoms with Gasteiger partial charge in [0.2, 0.25) is 10.0 Å². The van der Waals surface area contributed by atoms with Crippen LogP contribution in [0.15, 0.2) is 0 Å². The van der Waals surface area contributed by atoms with Gasteiger partial charge in [0, 0.05) is 20.1 Å². The van der Waals surface area contributed by atoms with E-state index in [0.29, 0.717) is 0 Å². The van der Waals surface area contributed by atoms with E-state index >= 15 is 0 Å². The number of hydrogen-bond acceptors (Lipinski definition) is 4. The van der Waals surface area contributed by atoms with Crippen LogP contribution < -0.4 is 5.73 Å². The van der Waals surface area contributed by atoms with Gasteiger partial charge in [0.15, 0.2) is 0 Å². The average Bonchev–Trinajstić information content (AvgIpc) is 1.85. The highest BCUT2D eigenvalue weighted by molar-refractivity contribution is 7.88. The fraction of sp³-hybridized carbons (Fsp3) is 1.00. The third kappa shape index (κ3) is 4.31. The van der Waals surface area contributed by atoms with Crippen molar-refractivity contribution in [2.24, 2.45) is 5.73 Å². The van der Waals surface area contributed by atoms with Gasteiger partial charge in [-0.2, -0.15) is 0 Å². The number of hydrogen-bond donors (Lipinski definition) is 2. The van der Waals surface area contributed by atoms with Crippen LogP contribution in [0.25, 0.3) is 0 Å². The van der Waals surface area contributed by atoms with Gasteiger partial charge in [-0.3, -0.25) is 0 Å². The Morgan fingerprint density at radius 3 is 2.36 bits per heavy atom. The highest BCUT2D eigenvalue weighted by Gasteiger charge is 2.13. The topological polar surface area (TPSA) is 83.6 Å². The number of nitrogens with two attached hydrogens (primary N) is 1. The Kier molecular flexibility index (Phi) is 3.95. The highest BCUT2D eigenvalue weighted by Crippen LogP contribution is 1.94. The smallest absolute Gasteiger partial charge is 0.211 e. The van der Waals surface area contributed by atoms with Gasteiger partial charge in [0.25, 0.3) is 0 Å². The first-order valence-electron chi connectivity index (χ1n) is 3.17. The lowest BCUT2D eigenvalue weighted by molar-refractivity contribution is 0.160. The zero-order valence-corrected chi connectivity index (χ0v) is 7.50. The molecular formula is C5H14N2O3S. The second-order valence-corrected chi connectivity index (χ2v) is 4.52. The predicted octanol–water partition coefficient (Wildman–Crippen LogP) is -1.80. The summed E-state index contributed by atoms with van der Waals surface area (Å²) in [5.74, 6) is 0. The van der Waals surface area contributed by atoms with Gasteiger partial charge in [-0.05, 0) is 0 Å². The largest absolute Gasteiger partial charge is 0.390 e. The van der Waals surface area contributed by atoms with Gasteiger partial charge >= 0.3 is 0 Å². The molecule has 6 heteroatoms. The lowest BCUT2D eigenvalue weighted by Crippen LogP contribution is -2.37. The molecule has 0 saturated carbocycles. The lowest BCUT2D eigenvalue weighted by Gasteiger charge is -2.16. The van der Waals surface area contributed by atoms with E-state index in [1.807, 2.05) is 0 Å². The molecule has 11 heavy (non-hydrogen) atoms. The van der Waals surface area contributed by atoms with E-state index in [1.54, 1.807) is 0 Å². The summed E-state index contributed by atoms with van der Waals surface area (Å²) in [4.78, 5) is 0. The van der Waals surface area contributed by atoms with Crippen LogP contribution in [0.2, 0.25) is 0 Å². The monoisotopic (exact) mass is 182 g/mol. The van der Waals surface area contributed by atoms with Crippen LogP contribution in [0.3, 0.4) is 0 Å². The minimum Gasteiger partial charge on any atom is -0.390 e. The van der Waals surface area contributed by atoms with E-state index in [1.165, 1.54) is 7.05 Å². The maximum absolute atomic E-state index is 10.8. The number of sulfonamides is 1. The second-order valence-electron chi connectivity index (χ2n) is 2.43. The summed E-state index contributed by atoms with van der Waals surface area (Å²) in [6.07, 6.45) is 0.297. The van der Waals surface area contributed by atoms with Gasteiger partial charge in [0.1, 0.15) is 0 Å². The van der Waals surface area contributed by atoms with Gasteiger partial charge in [0.05, 0.1) is 12.4 Å². The maximum Gasteiger partial charge on any atom is 0.211 e. The van der Waals surface area contributed by atoms with Crippen LogP contribution in [0.4, 0.5) is 0 Å². The third-order valence-electron chi connectivity index (χ3n) is 1.31. The van der Waals surface area contributed by atoms with Crippen LogP contribution >= 0.6 is 0 Å². The molecule has 1 atom stereocenters. The zero-order valence-electron chi connectivity index (χ0n) is 6.69. The quantitative estimate of drug-likeness (QED) is 0.537. The summed E-state index contributed by atoms with van der Waals surface area (Å²) in [7, 11) is -1.79. The zero-order chi connectivity index (χ0) is 9.07. The van der Waals surface area contributed by atoms with E-state index in [-0.39, 0.29) is 13.1 Å².